The van der Waals surface area contributed by atoms with Gasteiger partial charge in [0.2, 0.25) is 0 Å². The van der Waals surface area contributed by atoms with Gasteiger partial charge in [0.15, 0.2) is 0 Å². The van der Waals surface area contributed by atoms with Crippen LogP contribution >= 0.6 is 12.6 Å². The topological polar surface area (TPSA) is 0 Å². The molecule has 0 bridgehead atoms. The summed E-state index contributed by atoms with van der Waals surface area (Å²) >= 11 is 4.25. The Labute approximate surface area is 87.8 Å². The zero-order valence-electron chi connectivity index (χ0n) is 7.44. The molecule has 0 saturated carbocycles. The maximum Gasteiger partial charge on any atom is 0.123 e. The first-order chi connectivity index (χ1) is 6.75. The van der Waals surface area contributed by atoms with E-state index in [1.54, 1.807) is 12.1 Å². The van der Waals surface area contributed by atoms with Crippen LogP contribution < -0.4 is 0 Å². The molecule has 0 saturated heterocycles. The van der Waals surface area contributed by atoms with Crippen molar-refractivity contribution in [2.24, 2.45) is 0 Å². The molecule has 2 aromatic rings. The molecule has 2 rings (SSSR count). The predicted octanol–water partition coefficient (Wildman–Crippen LogP) is 3.78. The van der Waals surface area contributed by atoms with E-state index in [-0.39, 0.29) is 5.82 Å². The summed E-state index contributed by atoms with van der Waals surface area (Å²) in [5.41, 5.74) is 2.06. The molecule has 0 heterocycles. The standard InChI is InChI=1S/C12H9FS/c13-11-6-4-9(5-7-11)10-2-1-3-12(14)8-10/h1-8,14H. The Kier molecular flexibility index (Phi) is 2.55. The molecular formula is C12H9FS. The zero-order chi connectivity index (χ0) is 9.97. The lowest BCUT2D eigenvalue weighted by Crippen LogP contribution is -1.78. The highest BCUT2D eigenvalue weighted by Gasteiger charge is 1.97. The number of halogens is 1. The summed E-state index contributed by atoms with van der Waals surface area (Å²) in [5.74, 6) is -0.212. The molecule has 0 atom stereocenters. The fourth-order valence-electron chi connectivity index (χ4n) is 1.33. The van der Waals surface area contributed by atoms with Crippen molar-refractivity contribution in [3.05, 3.63) is 54.3 Å². The molecule has 2 aromatic carbocycles. The number of hydrogen-bond acceptors (Lipinski definition) is 1. The summed E-state index contributed by atoms with van der Waals surface area (Å²) in [6.07, 6.45) is 0. The van der Waals surface area contributed by atoms with Crippen LogP contribution in [0.2, 0.25) is 0 Å². The fourth-order valence-corrected chi connectivity index (χ4v) is 1.55. The van der Waals surface area contributed by atoms with Gasteiger partial charge in [-0.15, -0.1) is 12.6 Å². The first-order valence-electron chi connectivity index (χ1n) is 4.31. The Morgan fingerprint density at radius 3 is 2.21 bits per heavy atom. The molecule has 0 fully saturated rings. The molecule has 0 amide bonds. The van der Waals surface area contributed by atoms with Crippen LogP contribution in [0.15, 0.2) is 53.4 Å². The van der Waals surface area contributed by atoms with E-state index in [1.807, 2.05) is 24.3 Å². The predicted molar refractivity (Wildman–Crippen MR) is 59.1 cm³/mol. The van der Waals surface area contributed by atoms with Crippen molar-refractivity contribution in [1.29, 1.82) is 0 Å². The SMILES string of the molecule is Fc1ccc(-c2cccc(S)c2)cc1. The van der Waals surface area contributed by atoms with Gasteiger partial charge < -0.3 is 0 Å². The summed E-state index contributed by atoms with van der Waals surface area (Å²) < 4.78 is 12.7. The van der Waals surface area contributed by atoms with Crippen LogP contribution in [0.1, 0.15) is 0 Å². The Morgan fingerprint density at radius 2 is 1.57 bits per heavy atom. The van der Waals surface area contributed by atoms with Gasteiger partial charge in [0.05, 0.1) is 0 Å². The maximum absolute atomic E-state index is 12.7. The molecule has 0 aliphatic heterocycles. The van der Waals surface area contributed by atoms with Gasteiger partial charge >= 0.3 is 0 Å². The van der Waals surface area contributed by atoms with Crippen LogP contribution in [-0.2, 0) is 0 Å². The van der Waals surface area contributed by atoms with Gasteiger partial charge in [0, 0.05) is 4.90 Å². The molecule has 70 valence electrons. The van der Waals surface area contributed by atoms with E-state index in [1.165, 1.54) is 12.1 Å². The Balaban J connectivity index is 2.44. The van der Waals surface area contributed by atoms with E-state index in [9.17, 15) is 4.39 Å². The number of benzene rings is 2. The second-order valence-electron chi connectivity index (χ2n) is 3.06. The molecule has 0 unspecified atom stereocenters. The van der Waals surface area contributed by atoms with Gasteiger partial charge in [-0.25, -0.2) is 4.39 Å². The highest BCUT2D eigenvalue weighted by Crippen LogP contribution is 2.21. The molecule has 0 nitrogen and oxygen atoms in total. The average Bonchev–Trinajstić information content (AvgIpc) is 2.19. The molecular weight excluding hydrogens is 195 g/mol. The lowest BCUT2D eigenvalue weighted by atomic mass is 10.1. The molecule has 0 aliphatic rings. The number of thiol groups is 1. The van der Waals surface area contributed by atoms with Gasteiger partial charge in [0.25, 0.3) is 0 Å². The van der Waals surface area contributed by atoms with E-state index in [0.717, 1.165) is 16.0 Å². The van der Waals surface area contributed by atoms with Gasteiger partial charge in [-0.3, -0.25) is 0 Å². The summed E-state index contributed by atoms with van der Waals surface area (Å²) in [6, 6.07) is 14.2. The van der Waals surface area contributed by atoms with Gasteiger partial charge in [-0.2, -0.15) is 0 Å². The minimum Gasteiger partial charge on any atom is -0.207 e. The van der Waals surface area contributed by atoms with E-state index < -0.39 is 0 Å². The first kappa shape index (κ1) is 9.28. The van der Waals surface area contributed by atoms with Crippen LogP contribution in [0.5, 0.6) is 0 Å². The molecule has 0 aromatic heterocycles. The quantitative estimate of drug-likeness (QED) is 0.671. The summed E-state index contributed by atoms with van der Waals surface area (Å²) in [4.78, 5) is 0.909. The third-order valence-electron chi connectivity index (χ3n) is 2.02. The van der Waals surface area contributed by atoms with Crippen molar-refractivity contribution >= 4 is 12.6 Å². The Hall–Kier alpha value is -1.28. The normalized spacial score (nSPS) is 10.1. The minimum atomic E-state index is -0.212. The average molecular weight is 204 g/mol. The zero-order valence-corrected chi connectivity index (χ0v) is 8.34. The van der Waals surface area contributed by atoms with Crippen molar-refractivity contribution in [2.45, 2.75) is 4.90 Å². The number of hydrogen-bond donors (Lipinski definition) is 1. The Morgan fingerprint density at radius 1 is 0.857 bits per heavy atom. The van der Waals surface area contributed by atoms with Crippen LogP contribution in [0.4, 0.5) is 4.39 Å². The summed E-state index contributed by atoms with van der Waals surface area (Å²) in [6.45, 7) is 0. The Bertz CT molecular complexity index is 434. The summed E-state index contributed by atoms with van der Waals surface area (Å²) in [5, 5.41) is 0. The molecule has 0 radical (unpaired) electrons. The van der Waals surface area contributed by atoms with Crippen molar-refractivity contribution in [2.75, 3.05) is 0 Å². The fraction of sp³-hybridized carbons (Fsp3) is 0. The van der Waals surface area contributed by atoms with Crippen LogP contribution in [0, 0.1) is 5.82 Å². The van der Waals surface area contributed by atoms with Crippen molar-refractivity contribution in [3.63, 3.8) is 0 Å². The lowest BCUT2D eigenvalue weighted by molar-refractivity contribution is 0.628. The van der Waals surface area contributed by atoms with E-state index in [4.69, 9.17) is 0 Å². The largest absolute Gasteiger partial charge is 0.207 e. The number of rotatable bonds is 1. The van der Waals surface area contributed by atoms with Gasteiger partial charge in [0.1, 0.15) is 5.82 Å². The van der Waals surface area contributed by atoms with Crippen LogP contribution in [0.25, 0.3) is 11.1 Å². The van der Waals surface area contributed by atoms with Crippen molar-refractivity contribution in [3.8, 4) is 11.1 Å². The lowest BCUT2D eigenvalue weighted by Gasteiger charge is -2.01. The third kappa shape index (κ3) is 1.96. The monoisotopic (exact) mass is 204 g/mol. The molecule has 0 spiro atoms. The van der Waals surface area contributed by atoms with Crippen LogP contribution in [-0.4, -0.2) is 0 Å². The second-order valence-corrected chi connectivity index (χ2v) is 3.57. The molecule has 0 N–H and O–H groups in total. The van der Waals surface area contributed by atoms with E-state index in [2.05, 4.69) is 12.6 Å². The van der Waals surface area contributed by atoms with E-state index >= 15 is 0 Å². The van der Waals surface area contributed by atoms with Crippen molar-refractivity contribution in [1.82, 2.24) is 0 Å². The van der Waals surface area contributed by atoms with Gasteiger partial charge in [-0.1, -0.05) is 24.3 Å². The van der Waals surface area contributed by atoms with E-state index in [0.29, 0.717) is 0 Å². The maximum atomic E-state index is 12.7. The smallest absolute Gasteiger partial charge is 0.123 e. The molecule has 0 aliphatic carbocycles. The van der Waals surface area contributed by atoms with Gasteiger partial charge in [-0.05, 0) is 35.4 Å². The third-order valence-corrected chi connectivity index (χ3v) is 2.30. The highest BCUT2D eigenvalue weighted by atomic mass is 32.1. The highest BCUT2D eigenvalue weighted by molar-refractivity contribution is 7.80. The minimum absolute atomic E-state index is 0.212. The summed E-state index contributed by atoms with van der Waals surface area (Å²) in [7, 11) is 0. The van der Waals surface area contributed by atoms with Crippen LogP contribution in [0.3, 0.4) is 0 Å². The molecule has 2 heteroatoms. The molecule has 14 heavy (non-hydrogen) atoms. The first-order valence-corrected chi connectivity index (χ1v) is 4.75. The van der Waals surface area contributed by atoms with Crippen molar-refractivity contribution < 1.29 is 4.39 Å². The second kappa shape index (κ2) is 3.84.